The smallest absolute Gasteiger partial charge is 0.252 e. The maximum atomic E-state index is 12.2. The molecular weight excluding hydrogens is 264 g/mol. The van der Waals surface area contributed by atoms with Gasteiger partial charge in [-0.15, -0.1) is 0 Å². The molecule has 1 aliphatic rings. The third-order valence-electron chi connectivity index (χ3n) is 3.41. The van der Waals surface area contributed by atoms with Gasteiger partial charge in [0.15, 0.2) is 9.84 Å². The molecule has 3 rings (SSSR count). The van der Waals surface area contributed by atoms with E-state index >= 15 is 0 Å². The van der Waals surface area contributed by atoms with Gasteiger partial charge in [0.05, 0.1) is 11.5 Å². The molecule has 0 spiro atoms. The van der Waals surface area contributed by atoms with Crippen LogP contribution in [0.2, 0.25) is 0 Å². The zero-order chi connectivity index (χ0) is 13.5. The molecule has 0 saturated carbocycles. The van der Waals surface area contributed by atoms with Crippen molar-refractivity contribution in [1.82, 2.24) is 10.3 Å². The number of amides is 1. The van der Waals surface area contributed by atoms with E-state index in [2.05, 4.69) is 10.3 Å². The summed E-state index contributed by atoms with van der Waals surface area (Å²) < 4.78 is 22.7. The van der Waals surface area contributed by atoms with Crippen LogP contribution in [0.15, 0.2) is 30.5 Å². The van der Waals surface area contributed by atoms with Crippen LogP contribution >= 0.6 is 0 Å². The van der Waals surface area contributed by atoms with E-state index < -0.39 is 9.84 Å². The van der Waals surface area contributed by atoms with E-state index in [1.54, 1.807) is 18.3 Å². The predicted octanol–water partition coefficient (Wildman–Crippen LogP) is 1.08. The zero-order valence-corrected chi connectivity index (χ0v) is 11.0. The summed E-state index contributed by atoms with van der Waals surface area (Å²) in [6, 6.07) is 7.02. The van der Waals surface area contributed by atoms with Gasteiger partial charge in [-0.25, -0.2) is 8.42 Å². The van der Waals surface area contributed by atoms with Crippen LogP contribution in [0, 0.1) is 0 Å². The molecule has 100 valence electrons. The van der Waals surface area contributed by atoms with Crippen molar-refractivity contribution in [2.24, 2.45) is 0 Å². The first-order valence-electron chi connectivity index (χ1n) is 6.12. The van der Waals surface area contributed by atoms with Crippen LogP contribution in [0.1, 0.15) is 16.8 Å². The number of rotatable bonds is 2. The summed E-state index contributed by atoms with van der Waals surface area (Å²) in [5.74, 6) is -0.0129. The second-order valence-corrected chi connectivity index (χ2v) is 7.05. The Hall–Kier alpha value is -1.82. The van der Waals surface area contributed by atoms with Gasteiger partial charge in [0.2, 0.25) is 0 Å². The lowest BCUT2D eigenvalue weighted by Gasteiger charge is -2.11. The molecule has 1 atom stereocenters. The van der Waals surface area contributed by atoms with Crippen molar-refractivity contribution in [2.75, 3.05) is 11.5 Å². The molecule has 19 heavy (non-hydrogen) atoms. The molecule has 1 saturated heterocycles. The predicted molar refractivity (Wildman–Crippen MR) is 72.8 cm³/mol. The van der Waals surface area contributed by atoms with Crippen molar-refractivity contribution in [3.05, 3.63) is 36.0 Å². The summed E-state index contributed by atoms with van der Waals surface area (Å²) in [4.78, 5) is 15.2. The number of benzene rings is 1. The van der Waals surface area contributed by atoms with Crippen molar-refractivity contribution in [3.8, 4) is 0 Å². The number of sulfone groups is 1. The van der Waals surface area contributed by atoms with Gasteiger partial charge in [0.1, 0.15) is 0 Å². The van der Waals surface area contributed by atoms with Gasteiger partial charge in [0.25, 0.3) is 5.91 Å². The molecule has 1 aromatic heterocycles. The highest BCUT2D eigenvalue weighted by Gasteiger charge is 2.29. The van der Waals surface area contributed by atoms with E-state index in [9.17, 15) is 13.2 Å². The lowest BCUT2D eigenvalue weighted by molar-refractivity contribution is 0.0943. The van der Waals surface area contributed by atoms with E-state index in [1.165, 1.54) is 0 Å². The fraction of sp³-hybridized carbons (Fsp3) is 0.308. The molecule has 0 aliphatic carbocycles. The number of fused-ring (bicyclic) bond motifs is 1. The number of aromatic amines is 1. The Labute approximate surface area is 110 Å². The fourth-order valence-corrected chi connectivity index (χ4v) is 4.13. The molecule has 6 heteroatoms. The number of carbonyl (C=O) groups is 1. The van der Waals surface area contributed by atoms with Crippen LogP contribution in [-0.4, -0.2) is 36.9 Å². The molecule has 0 radical (unpaired) electrons. The Bertz CT molecular complexity index is 733. The number of aromatic nitrogens is 1. The Morgan fingerprint density at radius 1 is 1.32 bits per heavy atom. The summed E-state index contributed by atoms with van der Waals surface area (Å²) in [5, 5.41) is 3.65. The van der Waals surface area contributed by atoms with E-state index in [4.69, 9.17) is 0 Å². The maximum Gasteiger partial charge on any atom is 0.252 e. The summed E-state index contributed by atoms with van der Waals surface area (Å²) in [7, 11) is -2.98. The minimum absolute atomic E-state index is 0.0435. The van der Waals surface area contributed by atoms with Gasteiger partial charge in [-0.05, 0) is 24.6 Å². The molecular formula is C13H14N2O3S. The molecule has 1 amide bonds. The van der Waals surface area contributed by atoms with Gasteiger partial charge in [-0.3, -0.25) is 4.79 Å². The molecule has 0 bridgehead atoms. The van der Waals surface area contributed by atoms with Crippen LogP contribution in [0.3, 0.4) is 0 Å². The third-order valence-corrected chi connectivity index (χ3v) is 5.18. The molecule has 1 aliphatic heterocycles. The van der Waals surface area contributed by atoms with Crippen molar-refractivity contribution in [3.63, 3.8) is 0 Å². The van der Waals surface area contributed by atoms with Crippen molar-refractivity contribution < 1.29 is 13.2 Å². The monoisotopic (exact) mass is 278 g/mol. The van der Waals surface area contributed by atoms with Crippen LogP contribution in [0.4, 0.5) is 0 Å². The Morgan fingerprint density at radius 3 is 2.89 bits per heavy atom. The lowest BCUT2D eigenvalue weighted by Crippen LogP contribution is -2.35. The van der Waals surface area contributed by atoms with Crippen LogP contribution in [0.5, 0.6) is 0 Å². The largest absolute Gasteiger partial charge is 0.361 e. The molecule has 1 fully saturated rings. The second-order valence-electron chi connectivity index (χ2n) is 4.82. The van der Waals surface area contributed by atoms with Crippen molar-refractivity contribution >= 4 is 26.6 Å². The van der Waals surface area contributed by atoms with E-state index in [1.807, 2.05) is 12.1 Å². The number of hydrogen-bond donors (Lipinski definition) is 2. The van der Waals surface area contributed by atoms with Gasteiger partial charge >= 0.3 is 0 Å². The molecule has 2 N–H and O–H groups in total. The topological polar surface area (TPSA) is 79.0 Å². The average Bonchev–Trinajstić information content (AvgIpc) is 2.94. The van der Waals surface area contributed by atoms with Crippen molar-refractivity contribution in [1.29, 1.82) is 0 Å². The van der Waals surface area contributed by atoms with Crippen molar-refractivity contribution in [2.45, 2.75) is 12.5 Å². The molecule has 0 unspecified atom stereocenters. The van der Waals surface area contributed by atoms with E-state index in [0.29, 0.717) is 12.0 Å². The van der Waals surface area contributed by atoms with Gasteiger partial charge in [-0.2, -0.15) is 0 Å². The van der Waals surface area contributed by atoms with E-state index in [-0.39, 0.29) is 23.5 Å². The first-order valence-corrected chi connectivity index (χ1v) is 7.95. The van der Waals surface area contributed by atoms with Crippen LogP contribution in [0.25, 0.3) is 10.9 Å². The highest BCUT2D eigenvalue weighted by molar-refractivity contribution is 7.91. The first-order chi connectivity index (χ1) is 9.05. The Balaban J connectivity index is 1.83. The molecule has 1 aromatic carbocycles. The standard InChI is InChI=1S/C13H14N2O3S/c16-13(15-9-5-7-19(17,18)8-9)11-2-1-3-12-10(11)4-6-14-12/h1-4,6,9,14H,5,7-8H2,(H,15,16)/t9-/m0/s1. The van der Waals surface area contributed by atoms with Crippen LogP contribution in [-0.2, 0) is 9.84 Å². The highest BCUT2D eigenvalue weighted by atomic mass is 32.2. The normalized spacial score (nSPS) is 21.6. The summed E-state index contributed by atoms with van der Waals surface area (Å²) >= 11 is 0. The summed E-state index contributed by atoms with van der Waals surface area (Å²) in [6.45, 7) is 0. The van der Waals surface area contributed by atoms with Crippen LogP contribution < -0.4 is 5.32 Å². The molecule has 2 aromatic rings. The number of H-pyrrole nitrogens is 1. The Morgan fingerprint density at radius 2 is 2.16 bits per heavy atom. The highest BCUT2D eigenvalue weighted by Crippen LogP contribution is 2.18. The van der Waals surface area contributed by atoms with Gasteiger partial charge in [0, 0.05) is 28.7 Å². The quantitative estimate of drug-likeness (QED) is 0.863. The van der Waals surface area contributed by atoms with Gasteiger partial charge < -0.3 is 10.3 Å². The zero-order valence-electron chi connectivity index (χ0n) is 10.2. The summed E-state index contributed by atoms with van der Waals surface area (Å²) in [6.07, 6.45) is 2.28. The van der Waals surface area contributed by atoms with Gasteiger partial charge in [-0.1, -0.05) is 6.07 Å². The first kappa shape index (κ1) is 12.2. The number of carbonyl (C=O) groups excluding carboxylic acids is 1. The molecule has 5 nitrogen and oxygen atoms in total. The minimum atomic E-state index is -2.98. The maximum absolute atomic E-state index is 12.2. The summed E-state index contributed by atoms with van der Waals surface area (Å²) in [5.41, 5.74) is 1.47. The third kappa shape index (κ3) is 2.35. The average molecular weight is 278 g/mol. The molecule has 2 heterocycles. The fourth-order valence-electron chi connectivity index (χ4n) is 2.46. The number of nitrogens with one attached hydrogen (secondary N) is 2. The Kier molecular flexibility index (Phi) is 2.82. The SMILES string of the molecule is O=C(N[C@H]1CCS(=O)(=O)C1)c1cccc2[nH]ccc12. The lowest BCUT2D eigenvalue weighted by atomic mass is 10.1. The minimum Gasteiger partial charge on any atom is -0.361 e. The number of hydrogen-bond acceptors (Lipinski definition) is 3. The van der Waals surface area contributed by atoms with E-state index in [0.717, 1.165) is 10.9 Å². The second kappa shape index (κ2) is 4.38.